The first-order valence-electron chi connectivity index (χ1n) is 3.69. The van der Waals surface area contributed by atoms with Gasteiger partial charge in [0.05, 0.1) is 0 Å². The zero-order chi connectivity index (χ0) is 10.6. The van der Waals surface area contributed by atoms with E-state index in [9.17, 15) is 4.79 Å². The molecule has 0 aliphatic rings. The van der Waals surface area contributed by atoms with E-state index in [1.54, 1.807) is 12.3 Å². The summed E-state index contributed by atoms with van der Waals surface area (Å²) in [6.45, 7) is 1.20. The molecule has 0 aromatic carbocycles. The van der Waals surface area contributed by atoms with E-state index in [2.05, 4.69) is 15.0 Å². The molecule has 3 N–H and O–H groups in total. The summed E-state index contributed by atoms with van der Waals surface area (Å²) in [4.78, 5) is 18.6. The van der Waals surface area contributed by atoms with Crippen molar-refractivity contribution in [2.75, 3.05) is 12.3 Å². The van der Waals surface area contributed by atoms with E-state index >= 15 is 0 Å². The minimum absolute atomic E-state index is 0.438. The molecule has 1 aromatic rings. The molecule has 0 bridgehead atoms. The molecule has 0 saturated carbocycles. The van der Waals surface area contributed by atoms with Crippen LogP contribution in [-0.4, -0.2) is 28.4 Å². The third-order valence-electron chi connectivity index (χ3n) is 1.28. The lowest BCUT2D eigenvalue weighted by atomic mass is 10.3. The number of thiazole rings is 1. The molecule has 0 amide bonds. The van der Waals surface area contributed by atoms with Crippen molar-refractivity contribution in [1.82, 2.24) is 4.98 Å². The maximum absolute atomic E-state index is 10.1. The number of carboxylic acids is 1. The van der Waals surface area contributed by atoms with Crippen LogP contribution in [0, 0.1) is 0 Å². The predicted molar refractivity (Wildman–Crippen MR) is 52.3 cm³/mol. The van der Waals surface area contributed by atoms with Gasteiger partial charge < -0.3 is 15.7 Å². The Kier molecular flexibility index (Phi) is 3.41. The van der Waals surface area contributed by atoms with E-state index in [-0.39, 0.29) is 0 Å². The number of nitrogen functional groups attached to an aromatic ring is 1. The number of aromatic nitrogens is 1. The lowest BCUT2D eigenvalue weighted by Crippen LogP contribution is -2.05. The topological polar surface area (TPSA) is 97.8 Å². The lowest BCUT2D eigenvalue weighted by molar-refractivity contribution is -0.142. The van der Waals surface area contributed by atoms with Crippen molar-refractivity contribution in [2.45, 2.75) is 6.92 Å². The van der Waals surface area contributed by atoms with Crippen molar-refractivity contribution in [3.05, 3.63) is 11.1 Å². The van der Waals surface area contributed by atoms with Crippen LogP contribution in [0.4, 0.5) is 5.13 Å². The number of carbonyl (C=O) groups is 1. The summed E-state index contributed by atoms with van der Waals surface area (Å²) < 4.78 is 0. The van der Waals surface area contributed by atoms with Crippen molar-refractivity contribution in [3.63, 3.8) is 0 Å². The molecule has 14 heavy (non-hydrogen) atoms. The van der Waals surface area contributed by atoms with Crippen molar-refractivity contribution in [1.29, 1.82) is 0 Å². The Morgan fingerprint density at radius 3 is 3.07 bits per heavy atom. The van der Waals surface area contributed by atoms with Crippen molar-refractivity contribution >= 4 is 28.1 Å². The van der Waals surface area contributed by atoms with Crippen LogP contribution in [0.2, 0.25) is 0 Å². The second-order valence-electron chi connectivity index (χ2n) is 2.41. The van der Waals surface area contributed by atoms with E-state index in [1.807, 2.05) is 0 Å². The maximum Gasteiger partial charge on any atom is 0.344 e. The van der Waals surface area contributed by atoms with Crippen LogP contribution in [0.15, 0.2) is 10.5 Å². The van der Waals surface area contributed by atoms with Crippen molar-refractivity contribution in [2.24, 2.45) is 5.16 Å². The first-order chi connectivity index (χ1) is 6.59. The number of anilines is 1. The highest BCUT2D eigenvalue weighted by Crippen LogP contribution is 2.11. The van der Waals surface area contributed by atoms with Gasteiger partial charge in [-0.1, -0.05) is 5.16 Å². The number of nitrogens with zero attached hydrogens (tertiary/aromatic N) is 2. The Morgan fingerprint density at radius 2 is 2.57 bits per heavy atom. The summed E-state index contributed by atoms with van der Waals surface area (Å²) in [6, 6.07) is 0. The zero-order valence-electron chi connectivity index (χ0n) is 7.43. The molecule has 0 radical (unpaired) electrons. The number of hydrogen-bond acceptors (Lipinski definition) is 6. The summed E-state index contributed by atoms with van der Waals surface area (Å²) in [5.74, 6) is -1.07. The fourth-order valence-corrected chi connectivity index (χ4v) is 1.29. The normalized spacial score (nSPS) is 11.4. The van der Waals surface area contributed by atoms with Gasteiger partial charge in [-0.3, -0.25) is 0 Å². The minimum Gasteiger partial charge on any atom is -0.479 e. The van der Waals surface area contributed by atoms with Gasteiger partial charge >= 0.3 is 5.97 Å². The van der Waals surface area contributed by atoms with Gasteiger partial charge in [0.15, 0.2) is 5.13 Å². The predicted octanol–water partition coefficient (Wildman–Crippen LogP) is 0.550. The van der Waals surface area contributed by atoms with Gasteiger partial charge in [-0.05, 0) is 6.92 Å². The number of hydrogen-bond donors (Lipinski definition) is 2. The lowest BCUT2D eigenvalue weighted by Gasteiger charge is -1.95. The quantitative estimate of drug-likeness (QED) is 0.564. The standard InChI is InChI=1S/C7H9N3O3S/c1-4(10-13-2-6(11)12)5-3-14-7(8)9-5/h3H,2H2,1H3,(H2,8,9)(H,11,12)/b10-4-. The molecule has 0 saturated heterocycles. The summed E-state index contributed by atoms with van der Waals surface area (Å²) in [5, 5.41) is 14.0. The molecule has 6 nitrogen and oxygen atoms in total. The van der Waals surface area contributed by atoms with Gasteiger partial charge in [0.2, 0.25) is 6.61 Å². The molecule has 0 unspecified atom stereocenters. The summed E-state index contributed by atoms with van der Waals surface area (Å²) in [7, 11) is 0. The molecule has 1 aromatic heterocycles. The van der Waals surface area contributed by atoms with E-state index in [0.29, 0.717) is 16.5 Å². The number of oxime groups is 1. The smallest absolute Gasteiger partial charge is 0.344 e. The van der Waals surface area contributed by atoms with Crippen LogP contribution < -0.4 is 5.73 Å². The second kappa shape index (κ2) is 4.56. The summed E-state index contributed by atoms with van der Waals surface area (Å²) >= 11 is 1.29. The Balaban J connectivity index is 2.56. The Morgan fingerprint density at radius 1 is 1.86 bits per heavy atom. The van der Waals surface area contributed by atoms with Crippen LogP contribution in [0.5, 0.6) is 0 Å². The molecule has 0 aliphatic heterocycles. The SMILES string of the molecule is C/C(=N/OCC(=O)O)c1csc(N)n1. The average molecular weight is 215 g/mol. The molecule has 0 spiro atoms. The first-order valence-corrected chi connectivity index (χ1v) is 4.57. The molecule has 1 rings (SSSR count). The van der Waals surface area contributed by atoms with Gasteiger partial charge in [-0.2, -0.15) is 0 Å². The summed E-state index contributed by atoms with van der Waals surface area (Å²) in [6.07, 6.45) is 0. The third kappa shape index (κ3) is 3.02. The van der Waals surface area contributed by atoms with Crippen LogP contribution in [0.25, 0.3) is 0 Å². The van der Waals surface area contributed by atoms with Crippen LogP contribution in [0.3, 0.4) is 0 Å². The van der Waals surface area contributed by atoms with Crippen molar-refractivity contribution in [3.8, 4) is 0 Å². The van der Waals surface area contributed by atoms with E-state index < -0.39 is 12.6 Å². The number of carboxylic acid groups (broad SMARTS) is 1. The van der Waals surface area contributed by atoms with E-state index in [0.717, 1.165) is 0 Å². The average Bonchev–Trinajstić information content (AvgIpc) is 2.51. The molecule has 7 heteroatoms. The fraction of sp³-hybridized carbons (Fsp3) is 0.286. The molecular formula is C7H9N3O3S. The highest BCUT2D eigenvalue weighted by molar-refractivity contribution is 7.13. The highest BCUT2D eigenvalue weighted by Gasteiger charge is 2.03. The van der Waals surface area contributed by atoms with Crippen LogP contribution in [0.1, 0.15) is 12.6 Å². The number of aliphatic carboxylic acids is 1. The molecule has 1 heterocycles. The zero-order valence-corrected chi connectivity index (χ0v) is 8.24. The number of nitrogens with two attached hydrogens (primary N) is 1. The second-order valence-corrected chi connectivity index (χ2v) is 3.30. The summed E-state index contributed by atoms with van der Waals surface area (Å²) in [5.41, 5.74) is 6.51. The van der Waals surface area contributed by atoms with Gasteiger partial charge in [0.1, 0.15) is 11.4 Å². The van der Waals surface area contributed by atoms with Gasteiger partial charge in [0, 0.05) is 5.38 Å². The minimum atomic E-state index is -1.07. The Bertz CT molecular complexity index is 361. The molecular weight excluding hydrogens is 206 g/mol. The molecule has 0 atom stereocenters. The van der Waals surface area contributed by atoms with Gasteiger partial charge in [0.25, 0.3) is 0 Å². The van der Waals surface area contributed by atoms with E-state index in [1.165, 1.54) is 11.3 Å². The van der Waals surface area contributed by atoms with E-state index in [4.69, 9.17) is 10.8 Å². The highest BCUT2D eigenvalue weighted by atomic mass is 32.1. The maximum atomic E-state index is 10.1. The number of rotatable bonds is 4. The first kappa shape index (κ1) is 10.5. The van der Waals surface area contributed by atoms with Gasteiger partial charge in [-0.15, -0.1) is 11.3 Å². The Hall–Kier alpha value is -1.63. The third-order valence-corrected chi connectivity index (χ3v) is 1.96. The van der Waals surface area contributed by atoms with Crippen molar-refractivity contribution < 1.29 is 14.7 Å². The fourth-order valence-electron chi connectivity index (χ4n) is 0.685. The molecule has 76 valence electrons. The van der Waals surface area contributed by atoms with Crippen LogP contribution in [-0.2, 0) is 9.63 Å². The molecule has 0 aliphatic carbocycles. The monoisotopic (exact) mass is 215 g/mol. The largest absolute Gasteiger partial charge is 0.479 e. The molecule has 0 fully saturated rings. The van der Waals surface area contributed by atoms with Crippen LogP contribution >= 0.6 is 11.3 Å². The Labute approximate surface area is 84.0 Å². The van der Waals surface area contributed by atoms with Gasteiger partial charge in [-0.25, -0.2) is 9.78 Å².